The van der Waals surface area contributed by atoms with E-state index in [2.05, 4.69) is 5.32 Å². The summed E-state index contributed by atoms with van der Waals surface area (Å²) in [6.45, 7) is 0.500. The number of para-hydroxylation sites is 1. The van der Waals surface area contributed by atoms with Gasteiger partial charge in [-0.05, 0) is 35.2 Å². The van der Waals surface area contributed by atoms with E-state index < -0.39 is 9.84 Å². The Balaban J connectivity index is 1.60. The standard InChI is InChI=1S/C22H19ClN2O3S2/c23-17-9-7-16(8-10-17)15-30(27,28)21-13-25(20-6-2-1-5-19(20)21)14-22(26)24-12-18-4-3-11-29-18/h1-11,13H,12,14-15H2,(H,24,26). The molecule has 5 nitrogen and oxygen atoms in total. The number of nitrogens with one attached hydrogen (secondary N) is 1. The molecule has 2 heterocycles. The molecule has 1 N–H and O–H groups in total. The highest BCUT2D eigenvalue weighted by Gasteiger charge is 2.22. The number of rotatable bonds is 7. The molecule has 4 aromatic rings. The van der Waals surface area contributed by atoms with Gasteiger partial charge in [-0.1, -0.05) is 48.0 Å². The normalized spacial score (nSPS) is 11.6. The van der Waals surface area contributed by atoms with Crippen LogP contribution in [0.15, 0.2) is 77.1 Å². The van der Waals surface area contributed by atoms with Gasteiger partial charge in [0.25, 0.3) is 0 Å². The highest BCUT2D eigenvalue weighted by Crippen LogP contribution is 2.28. The fourth-order valence-electron chi connectivity index (χ4n) is 3.28. The lowest BCUT2D eigenvalue weighted by Crippen LogP contribution is -2.26. The van der Waals surface area contributed by atoms with Crippen LogP contribution in [0.25, 0.3) is 10.9 Å². The van der Waals surface area contributed by atoms with E-state index in [0.29, 0.717) is 28.0 Å². The molecule has 0 saturated heterocycles. The van der Waals surface area contributed by atoms with Gasteiger partial charge in [-0.15, -0.1) is 11.3 Å². The van der Waals surface area contributed by atoms with Crippen LogP contribution in [0.4, 0.5) is 0 Å². The maximum absolute atomic E-state index is 13.1. The average molecular weight is 459 g/mol. The lowest BCUT2D eigenvalue weighted by Gasteiger charge is -2.06. The topological polar surface area (TPSA) is 68.2 Å². The first kappa shape index (κ1) is 20.7. The molecule has 0 aliphatic carbocycles. The van der Waals surface area contributed by atoms with Gasteiger partial charge in [0.15, 0.2) is 9.84 Å². The van der Waals surface area contributed by atoms with E-state index >= 15 is 0 Å². The van der Waals surface area contributed by atoms with Crippen molar-refractivity contribution in [1.29, 1.82) is 0 Å². The summed E-state index contributed by atoms with van der Waals surface area (Å²) >= 11 is 7.47. The smallest absolute Gasteiger partial charge is 0.240 e. The molecule has 8 heteroatoms. The fraction of sp³-hybridized carbons (Fsp3) is 0.136. The lowest BCUT2D eigenvalue weighted by molar-refractivity contribution is -0.121. The molecule has 0 aliphatic heterocycles. The van der Waals surface area contributed by atoms with Crippen LogP contribution in [0.3, 0.4) is 0 Å². The van der Waals surface area contributed by atoms with Crippen molar-refractivity contribution in [3.05, 3.63) is 87.7 Å². The second-order valence-corrected chi connectivity index (χ2v) is 10.3. The van der Waals surface area contributed by atoms with Gasteiger partial charge in [0, 0.05) is 27.0 Å². The van der Waals surface area contributed by atoms with Crippen molar-refractivity contribution in [3.63, 3.8) is 0 Å². The van der Waals surface area contributed by atoms with E-state index in [1.165, 1.54) is 0 Å². The molecule has 0 radical (unpaired) electrons. The van der Waals surface area contributed by atoms with Crippen molar-refractivity contribution < 1.29 is 13.2 Å². The molecule has 1 amide bonds. The van der Waals surface area contributed by atoms with Crippen molar-refractivity contribution >= 4 is 49.6 Å². The van der Waals surface area contributed by atoms with Crippen LogP contribution in [-0.4, -0.2) is 18.9 Å². The summed E-state index contributed by atoms with van der Waals surface area (Å²) in [4.78, 5) is 13.7. The van der Waals surface area contributed by atoms with Crippen molar-refractivity contribution in [1.82, 2.24) is 9.88 Å². The predicted octanol–water partition coefficient (Wildman–Crippen LogP) is 4.65. The third-order valence-electron chi connectivity index (χ3n) is 4.71. The van der Waals surface area contributed by atoms with Crippen LogP contribution in [0.1, 0.15) is 10.4 Å². The Morgan fingerprint density at radius 2 is 1.80 bits per heavy atom. The number of thiophene rings is 1. The SMILES string of the molecule is O=C(Cn1cc(S(=O)(=O)Cc2ccc(Cl)cc2)c2ccccc21)NCc1cccs1. The van der Waals surface area contributed by atoms with Crippen LogP contribution < -0.4 is 5.32 Å². The first-order valence-corrected chi connectivity index (χ1v) is 12.2. The molecule has 4 rings (SSSR count). The first-order chi connectivity index (χ1) is 14.4. The fourth-order valence-corrected chi connectivity index (χ4v) is 5.63. The van der Waals surface area contributed by atoms with Crippen molar-refractivity contribution in [2.45, 2.75) is 23.7 Å². The van der Waals surface area contributed by atoms with Crippen LogP contribution in [0.5, 0.6) is 0 Å². The van der Waals surface area contributed by atoms with Gasteiger partial charge in [-0.3, -0.25) is 4.79 Å². The number of benzene rings is 2. The highest BCUT2D eigenvalue weighted by molar-refractivity contribution is 7.90. The molecular formula is C22H19ClN2O3S2. The maximum atomic E-state index is 13.1. The number of hydrogen-bond acceptors (Lipinski definition) is 4. The molecule has 0 spiro atoms. The Morgan fingerprint density at radius 1 is 1.03 bits per heavy atom. The third-order valence-corrected chi connectivity index (χ3v) is 7.55. The van der Waals surface area contributed by atoms with Crippen molar-refractivity contribution in [3.8, 4) is 0 Å². The van der Waals surface area contributed by atoms with Gasteiger partial charge in [0.05, 0.1) is 17.2 Å². The Labute approximate surface area is 183 Å². The van der Waals surface area contributed by atoms with Crippen LogP contribution in [0, 0.1) is 0 Å². The number of hydrogen-bond donors (Lipinski definition) is 1. The van der Waals surface area contributed by atoms with Gasteiger partial charge in [-0.2, -0.15) is 0 Å². The molecule has 2 aromatic heterocycles. The van der Waals surface area contributed by atoms with Crippen LogP contribution >= 0.6 is 22.9 Å². The molecular weight excluding hydrogens is 440 g/mol. The van der Waals surface area contributed by atoms with E-state index in [9.17, 15) is 13.2 Å². The molecule has 30 heavy (non-hydrogen) atoms. The van der Waals surface area contributed by atoms with E-state index in [4.69, 9.17) is 11.6 Å². The number of halogens is 1. The Bertz CT molecular complexity index is 1280. The molecule has 0 fully saturated rings. The summed E-state index contributed by atoms with van der Waals surface area (Å²) in [5.74, 6) is -0.311. The zero-order valence-electron chi connectivity index (χ0n) is 15.9. The summed E-state index contributed by atoms with van der Waals surface area (Å²) in [6.07, 6.45) is 1.56. The largest absolute Gasteiger partial charge is 0.350 e. The molecule has 2 aromatic carbocycles. The molecule has 0 aliphatic rings. The number of sulfone groups is 1. The van der Waals surface area contributed by atoms with Gasteiger partial charge in [0.2, 0.25) is 5.91 Å². The molecule has 0 saturated carbocycles. The molecule has 0 bridgehead atoms. The number of nitrogens with zero attached hydrogens (tertiary/aromatic N) is 1. The lowest BCUT2D eigenvalue weighted by atomic mass is 10.2. The Morgan fingerprint density at radius 3 is 2.53 bits per heavy atom. The number of aromatic nitrogens is 1. The highest BCUT2D eigenvalue weighted by atomic mass is 35.5. The van der Waals surface area contributed by atoms with Crippen molar-refractivity contribution in [2.75, 3.05) is 0 Å². The monoisotopic (exact) mass is 458 g/mol. The third kappa shape index (κ3) is 4.59. The Hall–Kier alpha value is -2.61. The summed E-state index contributed by atoms with van der Waals surface area (Å²) in [6, 6.07) is 17.9. The predicted molar refractivity (Wildman–Crippen MR) is 120 cm³/mol. The van der Waals surface area contributed by atoms with Crippen LogP contribution in [0.2, 0.25) is 5.02 Å². The molecule has 154 valence electrons. The number of carbonyl (C=O) groups is 1. The summed E-state index contributed by atoms with van der Waals surface area (Å²) in [5, 5.41) is 6.00. The zero-order valence-corrected chi connectivity index (χ0v) is 18.3. The van der Waals surface area contributed by atoms with Crippen molar-refractivity contribution in [2.24, 2.45) is 0 Å². The van der Waals surface area contributed by atoms with Gasteiger partial charge < -0.3 is 9.88 Å². The number of carbonyl (C=O) groups excluding carboxylic acids is 1. The minimum atomic E-state index is -3.61. The maximum Gasteiger partial charge on any atom is 0.240 e. The minimum Gasteiger partial charge on any atom is -0.350 e. The zero-order chi connectivity index (χ0) is 21.1. The second kappa shape index (κ2) is 8.63. The summed E-state index contributed by atoms with van der Waals surface area (Å²) in [5.41, 5.74) is 1.36. The minimum absolute atomic E-state index is 0.0440. The van der Waals surface area contributed by atoms with E-state index in [-0.39, 0.29) is 23.1 Å². The summed E-state index contributed by atoms with van der Waals surface area (Å²) < 4.78 is 28.0. The van der Waals surface area contributed by atoms with Gasteiger partial charge in [0.1, 0.15) is 6.54 Å². The quantitative estimate of drug-likeness (QED) is 0.438. The first-order valence-electron chi connectivity index (χ1n) is 9.26. The van der Waals surface area contributed by atoms with Gasteiger partial charge in [-0.25, -0.2) is 8.42 Å². The average Bonchev–Trinajstić information content (AvgIpc) is 3.37. The Kier molecular flexibility index (Phi) is 5.94. The van der Waals surface area contributed by atoms with Crippen LogP contribution in [-0.2, 0) is 33.5 Å². The molecule has 0 atom stereocenters. The number of amides is 1. The summed E-state index contributed by atoms with van der Waals surface area (Å²) in [7, 11) is -3.61. The second-order valence-electron chi connectivity index (χ2n) is 6.88. The molecule has 0 unspecified atom stereocenters. The number of fused-ring (bicyclic) bond motifs is 1. The van der Waals surface area contributed by atoms with E-state index in [1.807, 2.05) is 29.6 Å². The van der Waals surface area contributed by atoms with E-state index in [1.54, 1.807) is 58.5 Å². The van der Waals surface area contributed by atoms with E-state index in [0.717, 1.165) is 4.88 Å². The van der Waals surface area contributed by atoms with Gasteiger partial charge >= 0.3 is 0 Å².